The fraction of sp³-hybridized carbons (Fsp3) is 0.408. The van der Waals surface area contributed by atoms with Gasteiger partial charge in [0, 0.05) is 91.7 Å². The van der Waals surface area contributed by atoms with E-state index in [2.05, 4.69) is 37.1 Å². The summed E-state index contributed by atoms with van der Waals surface area (Å²) in [4.78, 5) is 88.5. The van der Waals surface area contributed by atoms with Crippen LogP contribution < -0.4 is 20.1 Å². The minimum absolute atomic E-state index is 0.129. The second-order valence-electron chi connectivity index (χ2n) is 18.1. The van der Waals surface area contributed by atoms with Crippen molar-refractivity contribution in [3.63, 3.8) is 0 Å². The van der Waals surface area contributed by atoms with Crippen molar-refractivity contribution in [2.45, 2.75) is 83.3 Å². The van der Waals surface area contributed by atoms with Crippen LogP contribution in [0.5, 0.6) is 11.5 Å². The Balaban J connectivity index is 0.788. The van der Waals surface area contributed by atoms with Crippen LogP contribution in [0.3, 0.4) is 0 Å². The molecule has 352 valence electrons. The maximum atomic E-state index is 13.6. The molecule has 6 aliphatic rings. The first-order chi connectivity index (χ1) is 33.1. The van der Waals surface area contributed by atoms with Crippen LogP contribution in [0.2, 0.25) is 0 Å². The van der Waals surface area contributed by atoms with Gasteiger partial charge < -0.3 is 37.6 Å². The Morgan fingerprint density at radius 1 is 0.721 bits per heavy atom. The summed E-state index contributed by atoms with van der Waals surface area (Å²) in [6.45, 7) is 6.76. The Bertz CT molecular complexity index is 2850. The maximum Gasteiger partial charge on any atom is 0.255 e. The first-order valence-electron chi connectivity index (χ1n) is 23.1. The predicted molar refractivity (Wildman–Crippen MR) is 238 cm³/mol. The summed E-state index contributed by atoms with van der Waals surface area (Å²) in [6, 6.07) is 13.2. The van der Waals surface area contributed by atoms with Gasteiger partial charge in [0.05, 0.1) is 57.2 Å². The summed E-state index contributed by atoms with van der Waals surface area (Å²) in [7, 11) is 0. The van der Waals surface area contributed by atoms with Crippen molar-refractivity contribution in [3.05, 3.63) is 118 Å². The van der Waals surface area contributed by atoms with E-state index in [9.17, 15) is 28.8 Å². The Kier molecular flexibility index (Phi) is 11.7. The van der Waals surface area contributed by atoms with Crippen molar-refractivity contribution in [3.8, 4) is 11.5 Å². The van der Waals surface area contributed by atoms with Gasteiger partial charge in [-0.25, -0.2) is 4.98 Å². The average molecular weight is 927 g/mol. The van der Waals surface area contributed by atoms with Crippen molar-refractivity contribution < 1.29 is 52.1 Å². The Labute approximate surface area is 390 Å². The first-order valence-corrected chi connectivity index (χ1v) is 23.1. The van der Waals surface area contributed by atoms with E-state index in [1.165, 1.54) is 9.80 Å². The van der Waals surface area contributed by atoms with E-state index in [0.29, 0.717) is 85.5 Å². The zero-order valence-corrected chi connectivity index (χ0v) is 37.3. The molecule has 0 spiro atoms. The van der Waals surface area contributed by atoms with Gasteiger partial charge in [-0.05, 0) is 54.8 Å². The lowest BCUT2D eigenvalue weighted by atomic mass is 10.0. The number of amides is 6. The van der Waals surface area contributed by atoms with Crippen LogP contribution in [0, 0.1) is 0 Å². The van der Waals surface area contributed by atoms with Crippen LogP contribution in [0.25, 0.3) is 5.65 Å². The highest BCUT2D eigenvalue weighted by molar-refractivity contribution is 6.06. The molecule has 11 rings (SSSR count). The molecule has 2 N–H and O–H groups in total. The van der Waals surface area contributed by atoms with Gasteiger partial charge in [-0.15, -0.1) is 0 Å². The number of hydrogen-bond acceptors (Lipinski definition) is 14. The predicted octanol–water partition coefficient (Wildman–Crippen LogP) is 3.01. The number of imide groups is 2. The number of carbonyl (C=O) groups excluding carboxylic acids is 6. The molecule has 0 radical (unpaired) electrons. The van der Waals surface area contributed by atoms with Gasteiger partial charge in [-0.3, -0.25) is 49.2 Å². The monoisotopic (exact) mass is 926 g/mol. The molecule has 6 amide bonds. The van der Waals surface area contributed by atoms with Gasteiger partial charge in [0.15, 0.2) is 0 Å². The van der Waals surface area contributed by atoms with Crippen LogP contribution >= 0.6 is 0 Å². The number of nitrogens with zero attached hydrogens (tertiary/aromatic N) is 6. The molecule has 3 atom stereocenters. The van der Waals surface area contributed by atoms with Gasteiger partial charge >= 0.3 is 0 Å². The van der Waals surface area contributed by atoms with E-state index in [0.717, 1.165) is 41.1 Å². The Morgan fingerprint density at radius 2 is 1.35 bits per heavy atom. The zero-order chi connectivity index (χ0) is 46.5. The standard InChI is InChI=1S/C49H50N8O11/c58-44-9-7-38(46(60)51-44)56-23-36-33(48(56)62)3-1-5-40(36)67-27-30-21-55-31(22-53-11-14-64-15-12-53)19-50-43(55)18-35(30)42-25-54(13-16-65-42)20-29-17-32(66-26-29)28-68-41-6-2-4-34-37(41)24-57(49(34)63)39-8-10-45(59)52-47(39)61/h1-6,17-19,21,26,38-39,42H,7-16,20,22-25,27-28H2,(H,51,58,60)(H,52,59,61). The quantitative estimate of drug-likeness (QED) is 0.163. The normalized spacial score (nSPS) is 22.4. The summed E-state index contributed by atoms with van der Waals surface area (Å²) in [5.41, 5.74) is 6.95. The Morgan fingerprint density at radius 3 is 2.00 bits per heavy atom. The first kappa shape index (κ1) is 43.6. The largest absolute Gasteiger partial charge is 0.488 e. The SMILES string of the molecule is O=C1CCC(N2Cc3c(OCc4cc(CN5CCOC(c6cc7ncc(CN8CCOCC8)n7cc6COc6cccc7c6CN(C6CCC(=O)NC6=O)C7=O)C5)co4)cccc3C2=O)C(=O)N1. The van der Waals surface area contributed by atoms with Crippen molar-refractivity contribution in [1.29, 1.82) is 0 Å². The van der Waals surface area contributed by atoms with Crippen LogP contribution in [0.4, 0.5) is 0 Å². The summed E-state index contributed by atoms with van der Waals surface area (Å²) in [6.07, 6.45) is 6.29. The Hall–Kier alpha value is -6.93. The number of furan rings is 1. The molecule has 6 aliphatic heterocycles. The van der Waals surface area contributed by atoms with Gasteiger partial charge in [0.25, 0.3) is 11.8 Å². The average Bonchev–Trinajstić information content (AvgIpc) is 4.13. The lowest BCUT2D eigenvalue weighted by molar-refractivity contribution is -0.138. The third kappa shape index (κ3) is 8.50. The van der Waals surface area contributed by atoms with E-state index in [1.54, 1.807) is 36.6 Å². The number of ether oxygens (including phenoxy) is 4. The number of pyridine rings is 1. The van der Waals surface area contributed by atoms with E-state index < -0.39 is 23.9 Å². The molecule has 19 nitrogen and oxygen atoms in total. The molecule has 19 heteroatoms. The summed E-state index contributed by atoms with van der Waals surface area (Å²) >= 11 is 0. The van der Waals surface area contributed by atoms with Crippen molar-refractivity contribution in [2.75, 3.05) is 46.0 Å². The van der Waals surface area contributed by atoms with Crippen molar-refractivity contribution >= 4 is 41.1 Å². The van der Waals surface area contributed by atoms with Gasteiger partial charge in [-0.2, -0.15) is 0 Å². The number of carbonyl (C=O) groups is 6. The second-order valence-corrected chi connectivity index (χ2v) is 18.1. The minimum atomic E-state index is -0.737. The van der Waals surface area contributed by atoms with Crippen molar-refractivity contribution in [1.82, 2.24) is 39.6 Å². The molecular formula is C49H50N8O11. The van der Waals surface area contributed by atoms with Gasteiger partial charge in [-0.1, -0.05) is 12.1 Å². The molecule has 5 aromatic rings. The molecule has 3 unspecified atom stereocenters. The number of fused-ring (bicyclic) bond motifs is 3. The summed E-state index contributed by atoms with van der Waals surface area (Å²) in [5.74, 6) is -0.445. The third-order valence-electron chi connectivity index (χ3n) is 13.8. The molecule has 68 heavy (non-hydrogen) atoms. The molecule has 2 aromatic carbocycles. The van der Waals surface area contributed by atoms with Crippen LogP contribution in [-0.4, -0.2) is 123 Å². The number of piperidine rings is 2. The zero-order valence-electron chi connectivity index (χ0n) is 37.3. The topological polar surface area (TPSA) is 207 Å². The molecular weight excluding hydrogens is 877 g/mol. The van der Waals surface area contributed by atoms with Gasteiger partial charge in [0.2, 0.25) is 23.6 Å². The summed E-state index contributed by atoms with van der Waals surface area (Å²) < 4.78 is 33.0. The molecule has 4 fully saturated rings. The van der Waals surface area contributed by atoms with E-state index in [1.807, 2.05) is 18.3 Å². The van der Waals surface area contributed by atoms with Gasteiger partial charge in [0.1, 0.15) is 48.2 Å². The highest BCUT2D eigenvalue weighted by atomic mass is 16.5. The number of imidazole rings is 1. The number of benzene rings is 2. The number of aromatic nitrogens is 2. The minimum Gasteiger partial charge on any atom is -0.488 e. The smallest absolute Gasteiger partial charge is 0.255 e. The number of morpholine rings is 2. The number of rotatable bonds is 13. The molecule has 0 bridgehead atoms. The number of nitrogens with one attached hydrogen (secondary N) is 2. The number of hydrogen-bond donors (Lipinski definition) is 2. The lowest BCUT2D eigenvalue weighted by Gasteiger charge is -2.34. The highest BCUT2D eigenvalue weighted by Crippen LogP contribution is 2.37. The van der Waals surface area contributed by atoms with Crippen LogP contribution in [0.15, 0.2) is 71.6 Å². The molecule has 0 saturated carbocycles. The lowest BCUT2D eigenvalue weighted by Crippen LogP contribution is -2.52. The molecule has 0 aliphatic carbocycles. The van der Waals surface area contributed by atoms with Crippen LogP contribution in [0.1, 0.15) is 91.8 Å². The molecule has 9 heterocycles. The van der Waals surface area contributed by atoms with E-state index in [4.69, 9.17) is 28.3 Å². The molecule has 4 saturated heterocycles. The summed E-state index contributed by atoms with van der Waals surface area (Å²) in [5, 5.41) is 4.72. The fourth-order valence-corrected chi connectivity index (χ4v) is 10.2. The highest BCUT2D eigenvalue weighted by Gasteiger charge is 2.42. The fourth-order valence-electron chi connectivity index (χ4n) is 10.2. The van der Waals surface area contributed by atoms with E-state index in [-0.39, 0.29) is 81.7 Å². The van der Waals surface area contributed by atoms with Crippen LogP contribution in [-0.2, 0) is 68.0 Å². The second kappa shape index (κ2) is 18.3. The third-order valence-corrected chi connectivity index (χ3v) is 13.8. The van der Waals surface area contributed by atoms with E-state index >= 15 is 0 Å². The van der Waals surface area contributed by atoms with Crippen molar-refractivity contribution in [2.24, 2.45) is 0 Å². The molecule has 3 aromatic heterocycles. The maximum absolute atomic E-state index is 13.6.